The summed E-state index contributed by atoms with van der Waals surface area (Å²) in [4.78, 5) is 54.9. The first-order valence-electron chi connectivity index (χ1n) is 13.8. The van der Waals surface area contributed by atoms with Crippen LogP contribution in [0, 0.1) is 0 Å². The van der Waals surface area contributed by atoms with E-state index in [9.17, 15) is 27.6 Å². The number of pyridine rings is 2. The van der Waals surface area contributed by atoms with Gasteiger partial charge in [-0.2, -0.15) is 13.2 Å². The first kappa shape index (κ1) is 33.5. The number of carbonyl (C=O) groups excluding carboxylic acids is 3. The summed E-state index contributed by atoms with van der Waals surface area (Å²) < 4.78 is 56.8. The Kier molecular flexibility index (Phi) is 10.9. The Hall–Kier alpha value is -4.35. The standard InChI is InChI=1S/C28H32F3N7O6S/c1-5-32-27(41)36-22-21(26(40)43-4)20(24-35-19(15-45-24)28(29,30)31)18(14-33-22)17-12-16(25(39)42-3)13-34-23(17)44-11-10-38-8-6-37(2)7-9-38/h12-15H,5-11H2,1-4H3,(H2,32,33,36,41). The largest absolute Gasteiger partial charge is 0.476 e. The summed E-state index contributed by atoms with van der Waals surface area (Å²) in [6.07, 6.45) is -2.31. The molecule has 45 heavy (non-hydrogen) atoms. The number of carbonyl (C=O) groups is 3. The molecule has 0 spiro atoms. The van der Waals surface area contributed by atoms with Gasteiger partial charge in [0.1, 0.15) is 23.0 Å². The highest BCUT2D eigenvalue weighted by Gasteiger charge is 2.36. The fraction of sp³-hybridized carbons (Fsp3) is 0.429. The fourth-order valence-electron chi connectivity index (χ4n) is 4.50. The first-order valence-corrected chi connectivity index (χ1v) is 14.7. The third kappa shape index (κ3) is 8.03. The molecule has 0 bridgehead atoms. The van der Waals surface area contributed by atoms with E-state index in [4.69, 9.17) is 14.2 Å². The summed E-state index contributed by atoms with van der Waals surface area (Å²) in [5, 5.41) is 5.52. The van der Waals surface area contributed by atoms with E-state index in [1.165, 1.54) is 25.6 Å². The van der Waals surface area contributed by atoms with Crippen LogP contribution in [0.15, 0.2) is 23.8 Å². The molecule has 2 N–H and O–H groups in total. The zero-order valence-corrected chi connectivity index (χ0v) is 25.8. The summed E-state index contributed by atoms with van der Waals surface area (Å²) in [7, 11) is 4.29. The van der Waals surface area contributed by atoms with Crippen LogP contribution in [0.4, 0.5) is 23.8 Å². The number of hydrogen-bond acceptors (Lipinski definition) is 12. The van der Waals surface area contributed by atoms with E-state index in [1.807, 2.05) is 7.05 Å². The minimum atomic E-state index is -4.78. The molecule has 0 saturated carbocycles. The Labute approximate surface area is 260 Å². The van der Waals surface area contributed by atoms with Gasteiger partial charge >= 0.3 is 24.1 Å². The third-order valence-corrected chi connectivity index (χ3v) is 7.71. The molecule has 242 valence electrons. The molecule has 0 radical (unpaired) electrons. The summed E-state index contributed by atoms with van der Waals surface area (Å²) in [5.41, 5.74) is -1.52. The van der Waals surface area contributed by atoms with Gasteiger partial charge in [-0.1, -0.05) is 0 Å². The zero-order valence-electron chi connectivity index (χ0n) is 25.0. The van der Waals surface area contributed by atoms with Crippen LogP contribution in [-0.4, -0.2) is 110 Å². The smallest absolute Gasteiger partial charge is 0.434 e. The second kappa shape index (κ2) is 14.6. The maximum Gasteiger partial charge on any atom is 0.434 e. The molecule has 1 fully saturated rings. The summed E-state index contributed by atoms with van der Waals surface area (Å²) in [5.74, 6) is -2.01. The van der Waals surface area contributed by atoms with Crippen molar-refractivity contribution in [2.24, 2.45) is 0 Å². The number of amides is 2. The second-order valence-electron chi connectivity index (χ2n) is 9.84. The van der Waals surface area contributed by atoms with Crippen molar-refractivity contribution in [3.8, 4) is 27.6 Å². The van der Waals surface area contributed by atoms with E-state index in [2.05, 4.69) is 35.4 Å². The van der Waals surface area contributed by atoms with Gasteiger partial charge in [-0.3, -0.25) is 10.2 Å². The number of urea groups is 1. The number of alkyl halides is 3. The minimum Gasteiger partial charge on any atom is -0.476 e. The van der Waals surface area contributed by atoms with Crippen molar-refractivity contribution in [3.63, 3.8) is 0 Å². The summed E-state index contributed by atoms with van der Waals surface area (Å²) >= 11 is 0.617. The lowest BCUT2D eigenvalue weighted by molar-refractivity contribution is -0.140. The molecule has 2 amide bonds. The Morgan fingerprint density at radius 3 is 2.36 bits per heavy atom. The van der Waals surface area contributed by atoms with E-state index in [1.54, 1.807) is 6.92 Å². The first-order chi connectivity index (χ1) is 21.5. The third-order valence-electron chi connectivity index (χ3n) is 6.85. The maximum atomic E-state index is 13.6. The van der Waals surface area contributed by atoms with Gasteiger partial charge in [-0.15, -0.1) is 11.3 Å². The van der Waals surface area contributed by atoms with Crippen LogP contribution in [0.25, 0.3) is 21.7 Å². The van der Waals surface area contributed by atoms with E-state index < -0.39 is 29.8 Å². The molecule has 1 aliphatic rings. The average molecular weight is 652 g/mol. The number of ether oxygens (including phenoxy) is 3. The second-order valence-corrected chi connectivity index (χ2v) is 10.7. The molecule has 1 aliphatic heterocycles. The number of nitrogens with zero attached hydrogens (tertiary/aromatic N) is 5. The Balaban J connectivity index is 1.90. The molecular formula is C28H32F3N7O6S. The van der Waals surface area contributed by atoms with Gasteiger partial charge in [-0.05, 0) is 20.0 Å². The summed E-state index contributed by atoms with van der Waals surface area (Å²) in [6, 6.07) is 0.659. The number of rotatable bonds is 10. The number of likely N-dealkylation sites (N-methyl/N-ethyl adjacent to an activating group) is 1. The number of esters is 2. The van der Waals surface area contributed by atoms with Crippen LogP contribution >= 0.6 is 11.3 Å². The van der Waals surface area contributed by atoms with Crippen LogP contribution in [0.1, 0.15) is 33.3 Å². The number of hydrogen-bond donors (Lipinski definition) is 2. The number of piperazine rings is 1. The van der Waals surface area contributed by atoms with Gasteiger partial charge in [0.25, 0.3) is 0 Å². The zero-order chi connectivity index (χ0) is 32.7. The number of methoxy groups -OCH3 is 2. The molecule has 3 aromatic heterocycles. The molecule has 0 atom stereocenters. The van der Waals surface area contributed by atoms with Crippen molar-refractivity contribution in [2.45, 2.75) is 13.1 Å². The van der Waals surface area contributed by atoms with Crippen molar-refractivity contribution in [2.75, 3.05) is 72.5 Å². The van der Waals surface area contributed by atoms with Gasteiger partial charge in [0.15, 0.2) is 5.69 Å². The van der Waals surface area contributed by atoms with Gasteiger partial charge in [0, 0.05) is 73.7 Å². The molecular weight excluding hydrogens is 619 g/mol. The summed E-state index contributed by atoms with van der Waals surface area (Å²) in [6.45, 7) is 6.13. The maximum absolute atomic E-state index is 13.6. The van der Waals surface area contributed by atoms with Gasteiger partial charge in [0.05, 0.1) is 19.8 Å². The molecule has 1 saturated heterocycles. The normalized spacial score (nSPS) is 14.1. The molecule has 0 aromatic carbocycles. The Bertz CT molecular complexity index is 1540. The van der Waals surface area contributed by atoms with Gasteiger partial charge < -0.3 is 24.4 Å². The number of thiazole rings is 1. The molecule has 3 aromatic rings. The Morgan fingerprint density at radius 1 is 1.02 bits per heavy atom. The highest BCUT2D eigenvalue weighted by Crippen LogP contribution is 2.43. The van der Waals surface area contributed by atoms with Crippen molar-refractivity contribution in [1.82, 2.24) is 30.1 Å². The van der Waals surface area contributed by atoms with E-state index >= 15 is 0 Å². The van der Waals surface area contributed by atoms with Gasteiger partial charge in [-0.25, -0.2) is 29.3 Å². The Morgan fingerprint density at radius 2 is 1.73 bits per heavy atom. The quantitative estimate of drug-likeness (QED) is 0.310. The van der Waals surface area contributed by atoms with E-state index in [0.717, 1.165) is 38.7 Å². The molecule has 4 rings (SSSR count). The fourth-order valence-corrected chi connectivity index (χ4v) is 5.39. The molecule has 0 unspecified atom stereocenters. The monoisotopic (exact) mass is 651 g/mol. The molecule has 0 aliphatic carbocycles. The number of aromatic nitrogens is 3. The van der Waals surface area contributed by atoms with Gasteiger partial charge in [0.2, 0.25) is 5.88 Å². The van der Waals surface area contributed by atoms with Crippen LogP contribution in [0.3, 0.4) is 0 Å². The van der Waals surface area contributed by atoms with Crippen LogP contribution in [0.5, 0.6) is 5.88 Å². The predicted molar refractivity (Wildman–Crippen MR) is 158 cm³/mol. The number of nitrogens with one attached hydrogen (secondary N) is 2. The van der Waals surface area contributed by atoms with Crippen molar-refractivity contribution in [1.29, 1.82) is 0 Å². The minimum absolute atomic E-state index is 0.00382. The lowest BCUT2D eigenvalue weighted by Gasteiger charge is -2.32. The van der Waals surface area contributed by atoms with Crippen LogP contribution < -0.4 is 15.4 Å². The highest BCUT2D eigenvalue weighted by molar-refractivity contribution is 7.13. The lowest BCUT2D eigenvalue weighted by atomic mass is 9.97. The molecule has 17 heteroatoms. The van der Waals surface area contributed by atoms with E-state index in [0.29, 0.717) is 17.9 Å². The number of halogens is 3. The van der Waals surface area contributed by atoms with Crippen LogP contribution in [-0.2, 0) is 15.7 Å². The molecule has 13 nitrogen and oxygen atoms in total. The van der Waals surface area contributed by atoms with Crippen molar-refractivity contribution >= 4 is 35.1 Å². The topological polar surface area (TPSA) is 148 Å². The van der Waals surface area contributed by atoms with Crippen molar-refractivity contribution in [3.05, 3.63) is 40.7 Å². The predicted octanol–water partition coefficient (Wildman–Crippen LogP) is 3.63. The lowest BCUT2D eigenvalue weighted by Crippen LogP contribution is -2.45. The average Bonchev–Trinajstić information content (AvgIpc) is 3.52. The van der Waals surface area contributed by atoms with Crippen LogP contribution in [0.2, 0.25) is 0 Å². The van der Waals surface area contributed by atoms with E-state index in [-0.39, 0.29) is 57.7 Å². The highest BCUT2D eigenvalue weighted by atomic mass is 32.1. The SMILES string of the molecule is CCNC(=O)Nc1ncc(-c2cc(C(=O)OC)cnc2OCCN2CCN(C)CC2)c(-c2nc(C(F)(F)F)cs2)c1C(=O)OC. The molecule has 4 heterocycles. The van der Waals surface area contributed by atoms with Crippen molar-refractivity contribution < 1.29 is 41.8 Å². The number of anilines is 1.